The summed E-state index contributed by atoms with van der Waals surface area (Å²) in [4.78, 5) is 52.6. The van der Waals surface area contributed by atoms with Gasteiger partial charge in [-0.15, -0.1) is 0 Å². The molecule has 1 aliphatic heterocycles. The third kappa shape index (κ3) is 5.57. The number of nitrogens with zero attached hydrogens (tertiary/aromatic N) is 1. The molecule has 192 valence electrons. The van der Waals surface area contributed by atoms with Gasteiger partial charge < -0.3 is 14.8 Å². The summed E-state index contributed by atoms with van der Waals surface area (Å²) in [5.74, 6) is -2.81. The summed E-state index contributed by atoms with van der Waals surface area (Å²) in [5, 5.41) is 1.77. The lowest BCUT2D eigenvalue weighted by Crippen LogP contribution is -2.46. The minimum Gasteiger partial charge on any atom is -0.492 e. The predicted molar refractivity (Wildman–Crippen MR) is 137 cm³/mol. The summed E-state index contributed by atoms with van der Waals surface area (Å²) in [6, 6.07) is 5.47. The monoisotopic (exact) mass is 574 g/mol. The molecule has 1 heterocycles. The van der Waals surface area contributed by atoms with Crippen LogP contribution >= 0.6 is 46.4 Å². The van der Waals surface area contributed by atoms with E-state index in [1.165, 1.54) is 0 Å². The van der Waals surface area contributed by atoms with Crippen LogP contribution in [0.15, 0.2) is 24.3 Å². The molecule has 3 rings (SSSR count). The van der Waals surface area contributed by atoms with Crippen LogP contribution in [0.3, 0.4) is 0 Å². The number of hydrogen-bond donors (Lipinski definition) is 1. The molecule has 36 heavy (non-hydrogen) atoms. The molecule has 0 saturated heterocycles. The van der Waals surface area contributed by atoms with Gasteiger partial charge >= 0.3 is 5.97 Å². The highest BCUT2D eigenvalue weighted by Gasteiger charge is 2.47. The van der Waals surface area contributed by atoms with E-state index in [-0.39, 0.29) is 37.6 Å². The first-order valence-corrected chi connectivity index (χ1v) is 12.6. The third-order valence-corrected chi connectivity index (χ3v) is 7.16. The van der Waals surface area contributed by atoms with Crippen LogP contribution in [-0.4, -0.2) is 47.8 Å². The molecule has 1 N–H and O–H groups in total. The Balaban J connectivity index is 1.79. The number of imide groups is 1. The smallest absolute Gasteiger partial charge is 0.329 e. The number of carbonyl (C=O) groups is 4. The van der Waals surface area contributed by atoms with Crippen molar-refractivity contribution in [3.05, 3.63) is 55.5 Å². The first-order valence-electron chi connectivity index (χ1n) is 11.1. The van der Waals surface area contributed by atoms with Crippen LogP contribution < -0.4 is 10.1 Å². The average Bonchev–Trinajstić information content (AvgIpc) is 3.12. The van der Waals surface area contributed by atoms with E-state index in [1.807, 2.05) is 6.92 Å². The van der Waals surface area contributed by atoms with Crippen molar-refractivity contribution in [2.24, 2.45) is 0 Å². The van der Waals surface area contributed by atoms with Crippen molar-refractivity contribution in [3.63, 3.8) is 0 Å². The molecule has 0 unspecified atom stereocenters. The Bertz CT molecular complexity index is 1170. The second-order valence-corrected chi connectivity index (χ2v) is 9.24. The van der Waals surface area contributed by atoms with Gasteiger partial charge in [-0.25, -0.2) is 4.79 Å². The van der Waals surface area contributed by atoms with Crippen molar-refractivity contribution in [3.8, 4) is 5.75 Å². The number of esters is 1. The number of amides is 3. The van der Waals surface area contributed by atoms with Crippen LogP contribution in [0.25, 0.3) is 0 Å². The molecule has 0 fully saturated rings. The Morgan fingerprint density at radius 2 is 1.53 bits per heavy atom. The summed E-state index contributed by atoms with van der Waals surface area (Å²) in [6.45, 7) is 3.43. The van der Waals surface area contributed by atoms with Gasteiger partial charge in [0.25, 0.3) is 17.7 Å². The predicted octanol–water partition coefficient (Wildman–Crippen LogP) is 6.04. The molecule has 0 saturated carbocycles. The highest BCUT2D eigenvalue weighted by molar-refractivity contribution is 6.55. The standard InChI is InChI=1S/C24H22Cl4N2O6/c1-3-5-9-13(24(34)36-11-15(31)29-12-8-6-7-10-14(12)35-4-2)30-22(32)16-17(23(30)33)19(26)21(28)20(27)18(16)25/h6-8,10,13H,3-5,9,11H2,1-2H3,(H,29,31)/t13-/m1/s1. The van der Waals surface area contributed by atoms with Crippen LogP contribution in [-0.2, 0) is 14.3 Å². The first kappa shape index (κ1) is 28.1. The molecule has 2 aromatic rings. The molecule has 1 aliphatic rings. The lowest BCUT2D eigenvalue weighted by atomic mass is 10.1. The molecular weight excluding hydrogens is 554 g/mol. The highest BCUT2D eigenvalue weighted by atomic mass is 35.5. The van der Waals surface area contributed by atoms with E-state index in [0.717, 1.165) is 4.90 Å². The van der Waals surface area contributed by atoms with E-state index in [1.54, 1.807) is 31.2 Å². The van der Waals surface area contributed by atoms with E-state index in [2.05, 4.69) is 5.32 Å². The summed E-state index contributed by atoms with van der Waals surface area (Å²) in [6.07, 6.45) is 1.26. The number of fused-ring (bicyclic) bond motifs is 1. The van der Waals surface area contributed by atoms with E-state index >= 15 is 0 Å². The maximum absolute atomic E-state index is 13.2. The van der Waals surface area contributed by atoms with Gasteiger partial charge in [0, 0.05) is 0 Å². The topological polar surface area (TPSA) is 102 Å². The maximum atomic E-state index is 13.2. The fourth-order valence-corrected chi connectivity index (χ4v) is 4.68. The molecule has 8 nitrogen and oxygen atoms in total. The van der Waals surface area contributed by atoms with E-state index in [4.69, 9.17) is 55.9 Å². The number of para-hydroxylation sites is 2. The Hall–Kier alpha value is -2.52. The van der Waals surface area contributed by atoms with Crippen LogP contribution in [0.1, 0.15) is 53.8 Å². The van der Waals surface area contributed by atoms with Gasteiger partial charge in [0.2, 0.25) is 0 Å². The number of nitrogens with one attached hydrogen (secondary N) is 1. The van der Waals surface area contributed by atoms with Gasteiger partial charge in [0.1, 0.15) is 11.8 Å². The SMILES string of the molecule is CCCC[C@H](C(=O)OCC(=O)Nc1ccccc1OCC)N1C(=O)c2c(Cl)c(Cl)c(Cl)c(Cl)c2C1=O. The summed E-state index contributed by atoms with van der Waals surface area (Å²) < 4.78 is 10.7. The normalized spacial score (nSPS) is 13.4. The summed E-state index contributed by atoms with van der Waals surface area (Å²) in [7, 11) is 0. The lowest BCUT2D eigenvalue weighted by molar-refractivity contribution is -0.151. The maximum Gasteiger partial charge on any atom is 0.329 e. The highest BCUT2D eigenvalue weighted by Crippen LogP contribution is 2.45. The van der Waals surface area contributed by atoms with Crippen molar-refractivity contribution in [1.82, 2.24) is 4.90 Å². The molecule has 0 spiro atoms. The lowest BCUT2D eigenvalue weighted by Gasteiger charge is -2.24. The van der Waals surface area contributed by atoms with E-state index < -0.39 is 36.3 Å². The zero-order valence-electron chi connectivity index (χ0n) is 19.3. The molecule has 2 aromatic carbocycles. The van der Waals surface area contributed by atoms with Crippen LogP contribution in [0.2, 0.25) is 20.1 Å². The molecule has 0 aliphatic carbocycles. The summed E-state index contributed by atoms with van der Waals surface area (Å²) >= 11 is 24.5. The number of rotatable bonds is 10. The number of anilines is 1. The van der Waals surface area contributed by atoms with Gasteiger partial charge in [0.15, 0.2) is 6.61 Å². The summed E-state index contributed by atoms with van der Waals surface area (Å²) in [5.41, 5.74) is -0.0670. The van der Waals surface area contributed by atoms with Crippen molar-refractivity contribution < 1.29 is 28.7 Å². The van der Waals surface area contributed by atoms with E-state index in [0.29, 0.717) is 30.9 Å². The average molecular weight is 576 g/mol. The molecule has 12 heteroatoms. The van der Waals surface area contributed by atoms with Gasteiger partial charge in [-0.2, -0.15) is 0 Å². The van der Waals surface area contributed by atoms with Crippen molar-refractivity contribution >= 4 is 75.8 Å². The number of carbonyl (C=O) groups excluding carboxylic acids is 4. The van der Waals surface area contributed by atoms with Gasteiger partial charge in [-0.3, -0.25) is 19.3 Å². The molecule has 1 atom stereocenters. The molecule has 0 aromatic heterocycles. The number of ether oxygens (including phenoxy) is 2. The van der Waals surface area contributed by atoms with Crippen molar-refractivity contribution in [2.75, 3.05) is 18.5 Å². The Morgan fingerprint density at radius 3 is 2.08 bits per heavy atom. The van der Waals surface area contributed by atoms with Gasteiger partial charge in [-0.1, -0.05) is 78.3 Å². The Labute approximate surface area is 227 Å². The zero-order chi connectivity index (χ0) is 26.6. The number of hydrogen-bond acceptors (Lipinski definition) is 6. The van der Waals surface area contributed by atoms with Gasteiger partial charge in [-0.05, 0) is 25.5 Å². The molecular formula is C24H22Cl4N2O6. The number of unbranched alkanes of at least 4 members (excludes halogenated alkanes) is 1. The number of benzene rings is 2. The zero-order valence-corrected chi connectivity index (χ0v) is 22.4. The minimum absolute atomic E-state index is 0.103. The van der Waals surface area contributed by atoms with Crippen molar-refractivity contribution in [2.45, 2.75) is 39.2 Å². The van der Waals surface area contributed by atoms with Crippen LogP contribution in [0.4, 0.5) is 5.69 Å². The van der Waals surface area contributed by atoms with E-state index in [9.17, 15) is 19.2 Å². The second kappa shape index (κ2) is 12.1. The number of halogens is 4. The Kier molecular flexibility index (Phi) is 9.47. The first-order chi connectivity index (χ1) is 17.1. The molecule has 0 bridgehead atoms. The molecule has 3 amide bonds. The minimum atomic E-state index is -1.31. The Morgan fingerprint density at radius 1 is 0.944 bits per heavy atom. The van der Waals surface area contributed by atoms with Crippen molar-refractivity contribution in [1.29, 1.82) is 0 Å². The second-order valence-electron chi connectivity index (χ2n) is 7.73. The molecule has 0 radical (unpaired) electrons. The fourth-order valence-electron chi connectivity index (χ4n) is 3.67. The largest absolute Gasteiger partial charge is 0.492 e. The third-order valence-electron chi connectivity index (χ3n) is 5.35. The fraction of sp³-hybridized carbons (Fsp3) is 0.333. The van der Waals surface area contributed by atoms with Crippen LogP contribution in [0, 0.1) is 0 Å². The van der Waals surface area contributed by atoms with Crippen LogP contribution in [0.5, 0.6) is 5.75 Å². The van der Waals surface area contributed by atoms with Gasteiger partial charge in [0.05, 0.1) is 43.5 Å². The quantitative estimate of drug-likeness (QED) is 0.160.